The molecule has 7 nitrogen and oxygen atoms in total. The summed E-state index contributed by atoms with van der Waals surface area (Å²) in [7, 11) is 3.87. The van der Waals surface area contributed by atoms with Gasteiger partial charge in [-0.05, 0) is 13.0 Å². The molecule has 4 aromatic rings. The Morgan fingerprint density at radius 3 is 2.67 bits per heavy atom. The summed E-state index contributed by atoms with van der Waals surface area (Å²) < 4.78 is 11.4. The summed E-state index contributed by atoms with van der Waals surface area (Å²) in [6.07, 6.45) is 0. The van der Waals surface area contributed by atoms with E-state index in [-0.39, 0.29) is 12.5 Å². The molecule has 9 heteroatoms. The van der Waals surface area contributed by atoms with E-state index in [0.717, 1.165) is 25.8 Å². The van der Waals surface area contributed by atoms with Gasteiger partial charge in [-0.2, -0.15) is 4.98 Å². The number of hydrogen-bond acceptors (Lipinski definition) is 9. The van der Waals surface area contributed by atoms with Gasteiger partial charge in [0.2, 0.25) is 5.82 Å². The Morgan fingerprint density at radius 2 is 1.96 bits per heavy atom. The normalized spacial score (nSPS) is 11.1. The largest absolute Gasteiger partial charge is 0.451 e. The standard InChI is InChI=1S/C18H16N4O3S2/c1-10-4-6-11(7-5-10)15-19-14(25-21-15)9-24-17(23)13-8-12-16(26-13)20-18(27-12)22(2)3/h4-8H,9H2,1-3H3. The van der Waals surface area contributed by atoms with Crippen molar-refractivity contribution in [3.05, 3.63) is 46.7 Å². The van der Waals surface area contributed by atoms with Crippen LogP contribution in [0.25, 0.3) is 20.9 Å². The third kappa shape index (κ3) is 3.69. The van der Waals surface area contributed by atoms with Gasteiger partial charge in [-0.25, -0.2) is 9.78 Å². The van der Waals surface area contributed by atoms with Crippen molar-refractivity contribution in [1.29, 1.82) is 0 Å². The highest BCUT2D eigenvalue weighted by Gasteiger charge is 2.17. The number of thiazole rings is 1. The molecule has 0 saturated carbocycles. The van der Waals surface area contributed by atoms with Crippen LogP contribution >= 0.6 is 22.7 Å². The van der Waals surface area contributed by atoms with E-state index in [4.69, 9.17) is 9.26 Å². The first-order chi connectivity index (χ1) is 13.0. The molecule has 0 N–H and O–H groups in total. The first-order valence-corrected chi connectivity index (χ1v) is 9.77. The quantitative estimate of drug-likeness (QED) is 0.466. The van der Waals surface area contributed by atoms with E-state index in [1.165, 1.54) is 22.7 Å². The van der Waals surface area contributed by atoms with Crippen molar-refractivity contribution in [1.82, 2.24) is 15.1 Å². The average molecular weight is 400 g/mol. The fourth-order valence-electron chi connectivity index (χ4n) is 2.35. The topological polar surface area (TPSA) is 81.4 Å². The minimum absolute atomic E-state index is 0.0698. The predicted molar refractivity (Wildman–Crippen MR) is 105 cm³/mol. The number of aromatic nitrogens is 3. The highest BCUT2D eigenvalue weighted by molar-refractivity contribution is 7.29. The molecule has 1 aromatic carbocycles. The Bertz CT molecular complexity index is 1060. The number of benzene rings is 1. The van der Waals surface area contributed by atoms with Crippen molar-refractivity contribution in [2.45, 2.75) is 13.5 Å². The lowest BCUT2D eigenvalue weighted by Gasteiger charge is -2.04. The molecule has 0 radical (unpaired) electrons. The molecule has 0 aliphatic rings. The molecule has 0 fully saturated rings. The number of carbonyl (C=O) groups is 1. The summed E-state index contributed by atoms with van der Waals surface area (Å²) in [6, 6.07) is 9.60. The number of nitrogens with zero attached hydrogens (tertiary/aromatic N) is 4. The zero-order chi connectivity index (χ0) is 19.0. The maximum absolute atomic E-state index is 12.3. The molecule has 27 heavy (non-hydrogen) atoms. The molecular formula is C18H16N4O3S2. The summed E-state index contributed by atoms with van der Waals surface area (Å²) in [6.45, 7) is 1.94. The second-order valence-corrected chi connectivity index (χ2v) is 8.16. The van der Waals surface area contributed by atoms with Crippen molar-refractivity contribution >= 4 is 43.3 Å². The smallest absolute Gasteiger partial charge is 0.348 e. The number of anilines is 1. The summed E-state index contributed by atoms with van der Waals surface area (Å²) in [5, 5.41) is 4.84. The van der Waals surface area contributed by atoms with Crippen molar-refractivity contribution in [3.63, 3.8) is 0 Å². The number of fused-ring (bicyclic) bond motifs is 1. The molecule has 0 bridgehead atoms. The third-order valence-corrected chi connectivity index (χ3v) is 6.07. The molecule has 0 saturated heterocycles. The van der Waals surface area contributed by atoms with Crippen molar-refractivity contribution in [2.24, 2.45) is 0 Å². The summed E-state index contributed by atoms with van der Waals surface area (Å²) in [5.74, 6) is 0.301. The van der Waals surface area contributed by atoms with Crippen molar-refractivity contribution < 1.29 is 14.1 Å². The molecule has 0 unspecified atom stereocenters. The average Bonchev–Trinajstić information content (AvgIpc) is 3.34. The number of thiophene rings is 1. The number of ether oxygens (including phenoxy) is 1. The van der Waals surface area contributed by atoms with Gasteiger partial charge in [0.15, 0.2) is 11.7 Å². The van der Waals surface area contributed by atoms with E-state index in [1.807, 2.05) is 50.2 Å². The van der Waals surface area contributed by atoms with E-state index in [2.05, 4.69) is 15.1 Å². The van der Waals surface area contributed by atoms with Crippen molar-refractivity contribution in [3.8, 4) is 11.4 Å². The predicted octanol–water partition coefficient (Wildman–Crippen LogP) is 4.14. The lowest BCUT2D eigenvalue weighted by molar-refractivity contribution is 0.0435. The van der Waals surface area contributed by atoms with E-state index < -0.39 is 5.97 Å². The van der Waals surface area contributed by atoms with E-state index in [9.17, 15) is 4.79 Å². The van der Waals surface area contributed by atoms with Gasteiger partial charge in [-0.15, -0.1) is 11.3 Å². The van der Waals surface area contributed by atoms with Crippen LogP contribution in [0.4, 0.5) is 5.13 Å². The fourth-order valence-corrected chi connectivity index (χ4v) is 4.37. The first-order valence-electron chi connectivity index (χ1n) is 8.14. The highest BCUT2D eigenvalue weighted by Crippen LogP contribution is 2.34. The van der Waals surface area contributed by atoms with Crippen LogP contribution in [0.5, 0.6) is 0 Å². The van der Waals surface area contributed by atoms with Gasteiger partial charge in [0, 0.05) is 19.7 Å². The van der Waals surface area contributed by atoms with Gasteiger partial charge in [0.1, 0.15) is 9.71 Å². The molecule has 3 aromatic heterocycles. The van der Waals surface area contributed by atoms with Crippen LogP contribution in [0.15, 0.2) is 34.9 Å². The molecule has 0 spiro atoms. The Morgan fingerprint density at radius 1 is 1.19 bits per heavy atom. The zero-order valence-electron chi connectivity index (χ0n) is 14.9. The van der Waals surface area contributed by atoms with Crippen LogP contribution in [0.2, 0.25) is 0 Å². The lowest BCUT2D eigenvalue weighted by atomic mass is 10.1. The summed E-state index contributed by atoms with van der Waals surface area (Å²) in [5.41, 5.74) is 2.00. The lowest BCUT2D eigenvalue weighted by Crippen LogP contribution is -2.07. The molecule has 0 aliphatic carbocycles. The fraction of sp³-hybridized carbons (Fsp3) is 0.222. The van der Waals surface area contributed by atoms with Crippen LogP contribution < -0.4 is 4.90 Å². The van der Waals surface area contributed by atoms with Crippen molar-refractivity contribution in [2.75, 3.05) is 19.0 Å². The van der Waals surface area contributed by atoms with Crippen LogP contribution in [-0.4, -0.2) is 35.2 Å². The summed E-state index contributed by atoms with van der Waals surface area (Å²) in [4.78, 5) is 24.3. The maximum Gasteiger partial charge on any atom is 0.348 e. The van der Waals surface area contributed by atoms with Gasteiger partial charge in [0.05, 0.1) is 4.70 Å². The molecule has 3 heterocycles. The van der Waals surface area contributed by atoms with Crippen LogP contribution in [-0.2, 0) is 11.3 Å². The highest BCUT2D eigenvalue weighted by atomic mass is 32.1. The molecule has 0 atom stereocenters. The third-order valence-electron chi connectivity index (χ3n) is 3.77. The number of hydrogen-bond donors (Lipinski definition) is 0. The van der Waals surface area contributed by atoms with Crippen LogP contribution in [0.1, 0.15) is 21.1 Å². The minimum Gasteiger partial charge on any atom is -0.451 e. The zero-order valence-corrected chi connectivity index (χ0v) is 16.6. The Labute approximate surface area is 163 Å². The van der Waals surface area contributed by atoms with Gasteiger partial charge in [-0.3, -0.25) is 0 Å². The van der Waals surface area contributed by atoms with Crippen LogP contribution in [0.3, 0.4) is 0 Å². The van der Waals surface area contributed by atoms with Crippen LogP contribution in [0, 0.1) is 6.92 Å². The Kier molecular flexibility index (Phi) is 4.63. The number of aryl methyl sites for hydroxylation is 1. The number of esters is 1. The minimum atomic E-state index is -0.424. The molecular weight excluding hydrogens is 384 g/mol. The second kappa shape index (κ2) is 7.09. The van der Waals surface area contributed by atoms with Gasteiger partial charge < -0.3 is 14.2 Å². The monoisotopic (exact) mass is 400 g/mol. The SMILES string of the molecule is Cc1ccc(-c2noc(COC(=O)c3cc4sc(N(C)C)nc4s3)n2)cc1. The van der Waals surface area contributed by atoms with E-state index in [0.29, 0.717) is 10.7 Å². The van der Waals surface area contributed by atoms with E-state index in [1.54, 1.807) is 6.07 Å². The molecule has 138 valence electrons. The number of carbonyl (C=O) groups excluding carboxylic acids is 1. The Balaban J connectivity index is 1.42. The van der Waals surface area contributed by atoms with Gasteiger partial charge in [0.25, 0.3) is 5.89 Å². The number of rotatable bonds is 5. The maximum atomic E-state index is 12.3. The van der Waals surface area contributed by atoms with Gasteiger partial charge in [-0.1, -0.05) is 46.3 Å². The molecule has 0 aliphatic heterocycles. The van der Waals surface area contributed by atoms with Gasteiger partial charge >= 0.3 is 5.97 Å². The second-order valence-electron chi connectivity index (χ2n) is 6.12. The summed E-state index contributed by atoms with van der Waals surface area (Å²) >= 11 is 2.85. The molecule has 0 amide bonds. The van der Waals surface area contributed by atoms with E-state index >= 15 is 0 Å². The molecule has 4 rings (SSSR count). The first kappa shape index (κ1) is 17.6. The Hall–Kier alpha value is -2.78.